The highest BCUT2D eigenvalue weighted by Gasteiger charge is 2.10. The summed E-state index contributed by atoms with van der Waals surface area (Å²) in [6.07, 6.45) is 2.03. The molecule has 0 spiro atoms. The first-order valence-corrected chi connectivity index (χ1v) is 9.26. The van der Waals surface area contributed by atoms with E-state index in [-0.39, 0.29) is 0 Å². The monoisotopic (exact) mass is 369 g/mol. The van der Waals surface area contributed by atoms with E-state index in [9.17, 15) is 0 Å². The molecule has 4 heteroatoms. The molecule has 0 radical (unpaired) electrons. The number of aryl methyl sites for hydroxylation is 3. The number of fused-ring (bicyclic) bond motifs is 1. The van der Waals surface area contributed by atoms with E-state index >= 15 is 0 Å². The van der Waals surface area contributed by atoms with Crippen LogP contribution in [0.2, 0.25) is 0 Å². The summed E-state index contributed by atoms with van der Waals surface area (Å²) in [5.41, 5.74) is 7.02. The number of hydrogen-bond acceptors (Lipinski definition) is 3. The minimum Gasteiger partial charge on any atom is -0.457 e. The topological polar surface area (TPSA) is 38.6 Å². The molecule has 2 aromatic heterocycles. The molecule has 0 aliphatic rings. The Labute approximate surface area is 165 Å². The highest BCUT2D eigenvalue weighted by Crippen LogP contribution is 2.26. The van der Waals surface area contributed by atoms with Crippen LogP contribution in [0.15, 0.2) is 73.4 Å². The van der Waals surface area contributed by atoms with Crippen molar-refractivity contribution < 1.29 is 4.74 Å². The van der Waals surface area contributed by atoms with Gasteiger partial charge in [0, 0.05) is 34.5 Å². The molecular weight excluding hydrogens is 346 g/mol. The number of ether oxygens (including phenoxy) is 1. The van der Waals surface area contributed by atoms with E-state index in [1.807, 2.05) is 67.7 Å². The van der Waals surface area contributed by atoms with Crippen molar-refractivity contribution in [1.82, 2.24) is 9.38 Å². The molecule has 0 amide bonds. The van der Waals surface area contributed by atoms with Gasteiger partial charge in [-0.3, -0.25) is 0 Å². The van der Waals surface area contributed by atoms with E-state index in [1.54, 1.807) is 0 Å². The maximum atomic E-state index is 5.89. The van der Waals surface area contributed by atoms with Gasteiger partial charge in [-0.2, -0.15) is 0 Å². The molecule has 0 atom stereocenters. The van der Waals surface area contributed by atoms with Crippen molar-refractivity contribution in [3.05, 3.63) is 96.0 Å². The zero-order valence-corrected chi connectivity index (χ0v) is 16.4. The molecule has 0 bridgehead atoms. The van der Waals surface area contributed by atoms with Crippen LogP contribution in [0.5, 0.6) is 11.5 Å². The fourth-order valence-electron chi connectivity index (χ4n) is 3.22. The Balaban J connectivity index is 1.50. The molecule has 0 fully saturated rings. The third-order valence-corrected chi connectivity index (χ3v) is 4.67. The molecule has 0 aliphatic carbocycles. The van der Waals surface area contributed by atoms with Crippen LogP contribution in [0.1, 0.15) is 22.5 Å². The molecule has 0 aliphatic heterocycles. The van der Waals surface area contributed by atoms with Gasteiger partial charge in [0.25, 0.3) is 0 Å². The number of benzene rings is 2. The Kier molecular flexibility index (Phi) is 4.62. The van der Waals surface area contributed by atoms with E-state index < -0.39 is 0 Å². The normalized spacial score (nSPS) is 10.8. The van der Waals surface area contributed by atoms with Crippen molar-refractivity contribution in [3.63, 3.8) is 0 Å². The lowest BCUT2D eigenvalue weighted by Gasteiger charge is -2.11. The average molecular weight is 369 g/mol. The number of hydrogen-bond donors (Lipinski definition) is 1. The Morgan fingerprint density at radius 1 is 0.929 bits per heavy atom. The van der Waals surface area contributed by atoms with E-state index in [0.717, 1.165) is 45.5 Å². The fraction of sp³-hybridized carbons (Fsp3) is 0.125. The number of nitrogens with one attached hydrogen (secondary N) is 1. The summed E-state index contributed by atoms with van der Waals surface area (Å²) in [6, 6.07) is 20.0. The predicted molar refractivity (Wildman–Crippen MR) is 115 cm³/mol. The summed E-state index contributed by atoms with van der Waals surface area (Å²) in [5.74, 6) is 1.62. The first-order valence-electron chi connectivity index (χ1n) is 9.26. The first kappa shape index (κ1) is 17.9. The fourth-order valence-corrected chi connectivity index (χ4v) is 3.22. The molecule has 28 heavy (non-hydrogen) atoms. The molecular formula is C24H23N3O. The van der Waals surface area contributed by atoms with Gasteiger partial charge in [-0.1, -0.05) is 24.3 Å². The largest absolute Gasteiger partial charge is 0.457 e. The highest BCUT2D eigenvalue weighted by atomic mass is 16.5. The van der Waals surface area contributed by atoms with Gasteiger partial charge < -0.3 is 14.5 Å². The third kappa shape index (κ3) is 3.62. The SMILES string of the molecule is C=C(Nc1ccc(Oc2ccc(C)cc2)cc1)c1ccn2c(C)cc(C)nc12. The van der Waals surface area contributed by atoms with Gasteiger partial charge in [-0.15, -0.1) is 0 Å². The quantitative estimate of drug-likeness (QED) is 0.459. The van der Waals surface area contributed by atoms with Crippen molar-refractivity contribution in [3.8, 4) is 11.5 Å². The Bertz CT molecular complexity index is 1140. The maximum Gasteiger partial charge on any atom is 0.146 e. The summed E-state index contributed by atoms with van der Waals surface area (Å²) in [5, 5.41) is 3.37. The summed E-state index contributed by atoms with van der Waals surface area (Å²) < 4.78 is 7.96. The summed E-state index contributed by atoms with van der Waals surface area (Å²) in [6.45, 7) is 10.3. The third-order valence-electron chi connectivity index (χ3n) is 4.67. The van der Waals surface area contributed by atoms with Gasteiger partial charge in [0.05, 0.1) is 0 Å². The number of aromatic nitrogens is 2. The van der Waals surface area contributed by atoms with Crippen LogP contribution in [0, 0.1) is 20.8 Å². The molecule has 0 saturated carbocycles. The minimum absolute atomic E-state index is 0.794. The zero-order valence-electron chi connectivity index (χ0n) is 16.4. The van der Waals surface area contributed by atoms with Gasteiger partial charge in [0.2, 0.25) is 0 Å². The Morgan fingerprint density at radius 3 is 2.25 bits per heavy atom. The summed E-state index contributed by atoms with van der Waals surface area (Å²) in [7, 11) is 0. The standard InChI is InChI=1S/C24H23N3O/c1-16-5-9-21(10-6-16)28-22-11-7-20(8-12-22)26-19(4)23-13-14-27-18(3)15-17(2)25-24(23)27/h5-15,26H,4H2,1-3H3. The van der Waals surface area contributed by atoms with Crippen molar-refractivity contribution in [2.24, 2.45) is 0 Å². The maximum absolute atomic E-state index is 5.89. The lowest BCUT2D eigenvalue weighted by molar-refractivity contribution is 0.482. The number of nitrogens with zero attached hydrogens (tertiary/aromatic N) is 2. The second-order valence-electron chi connectivity index (χ2n) is 7.00. The van der Waals surface area contributed by atoms with Crippen molar-refractivity contribution in [2.75, 3.05) is 5.32 Å². The summed E-state index contributed by atoms with van der Waals surface area (Å²) >= 11 is 0. The predicted octanol–water partition coefficient (Wildman–Crippen LogP) is 6.13. The highest BCUT2D eigenvalue weighted by molar-refractivity contribution is 5.82. The van der Waals surface area contributed by atoms with Gasteiger partial charge in [0.1, 0.15) is 17.1 Å². The van der Waals surface area contributed by atoms with Crippen LogP contribution in [0.3, 0.4) is 0 Å². The Morgan fingerprint density at radius 2 is 1.57 bits per heavy atom. The smallest absolute Gasteiger partial charge is 0.146 e. The van der Waals surface area contributed by atoms with Crippen molar-refractivity contribution >= 4 is 17.0 Å². The molecule has 4 rings (SSSR count). The molecule has 140 valence electrons. The molecule has 0 saturated heterocycles. The van der Waals surface area contributed by atoms with E-state index in [4.69, 9.17) is 4.74 Å². The Hall–Kier alpha value is -3.53. The van der Waals surface area contributed by atoms with Crippen LogP contribution in [0.4, 0.5) is 5.69 Å². The van der Waals surface area contributed by atoms with Crippen LogP contribution in [-0.4, -0.2) is 9.38 Å². The van der Waals surface area contributed by atoms with Crippen LogP contribution < -0.4 is 10.1 Å². The van der Waals surface area contributed by atoms with Crippen molar-refractivity contribution in [1.29, 1.82) is 0 Å². The van der Waals surface area contributed by atoms with Crippen molar-refractivity contribution in [2.45, 2.75) is 20.8 Å². The number of anilines is 1. The van der Waals surface area contributed by atoms with E-state index in [1.165, 1.54) is 5.56 Å². The lowest BCUT2D eigenvalue weighted by atomic mass is 10.2. The van der Waals surface area contributed by atoms with Gasteiger partial charge in [-0.05, 0) is 69.3 Å². The zero-order chi connectivity index (χ0) is 19.7. The molecule has 2 aromatic carbocycles. The van der Waals surface area contributed by atoms with E-state index in [0.29, 0.717) is 0 Å². The van der Waals surface area contributed by atoms with Crippen LogP contribution >= 0.6 is 0 Å². The van der Waals surface area contributed by atoms with E-state index in [2.05, 4.69) is 41.2 Å². The summed E-state index contributed by atoms with van der Waals surface area (Å²) in [4.78, 5) is 4.67. The first-order chi connectivity index (χ1) is 13.5. The van der Waals surface area contributed by atoms with Gasteiger partial charge in [-0.25, -0.2) is 4.98 Å². The second-order valence-corrected chi connectivity index (χ2v) is 7.00. The second kappa shape index (κ2) is 7.24. The van der Waals surface area contributed by atoms with Gasteiger partial charge >= 0.3 is 0 Å². The average Bonchev–Trinajstić information content (AvgIpc) is 3.09. The molecule has 4 nitrogen and oxygen atoms in total. The minimum atomic E-state index is 0.794. The van der Waals surface area contributed by atoms with Crippen LogP contribution in [-0.2, 0) is 0 Å². The molecule has 2 heterocycles. The van der Waals surface area contributed by atoms with Gasteiger partial charge in [0.15, 0.2) is 0 Å². The number of rotatable bonds is 5. The lowest BCUT2D eigenvalue weighted by Crippen LogP contribution is -2.00. The van der Waals surface area contributed by atoms with Crippen LogP contribution in [0.25, 0.3) is 11.3 Å². The molecule has 4 aromatic rings. The molecule has 0 unspecified atom stereocenters. The molecule has 1 N–H and O–H groups in total.